The topological polar surface area (TPSA) is 61.3 Å². The summed E-state index contributed by atoms with van der Waals surface area (Å²) in [6.45, 7) is 6.37. The molecule has 0 saturated carbocycles. The van der Waals surface area contributed by atoms with Crippen molar-refractivity contribution in [2.24, 2.45) is 0 Å². The quantitative estimate of drug-likeness (QED) is 0.275. The van der Waals surface area contributed by atoms with Crippen LogP contribution >= 0.6 is 0 Å². The van der Waals surface area contributed by atoms with Gasteiger partial charge in [0.1, 0.15) is 18.5 Å². The second-order valence-electron chi connectivity index (χ2n) is 7.82. The molecule has 1 aromatic heterocycles. The average molecular weight is 413 g/mol. The summed E-state index contributed by atoms with van der Waals surface area (Å²) in [6.07, 6.45) is 13.6. The van der Waals surface area contributed by atoms with Gasteiger partial charge in [0.2, 0.25) is 0 Å². The first-order valence-corrected chi connectivity index (χ1v) is 11.4. The highest BCUT2D eigenvalue weighted by molar-refractivity contribution is 5.69. The van der Waals surface area contributed by atoms with Crippen LogP contribution in [0.15, 0.2) is 36.7 Å². The van der Waals surface area contributed by atoms with E-state index in [-0.39, 0.29) is 12.1 Å². The van der Waals surface area contributed by atoms with Crippen molar-refractivity contribution in [1.82, 2.24) is 9.97 Å². The molecule has 5 nitrogen and oxygen atoms in total. The highest BCUT2D eigenvalue weighted by Crippen LogP contribution is 2.20. The third-order valence-electron chi connectivity index (χ3n) is 4.91. The molecule has 1 heterocycles. The van der Waals surface area contributed by atoms with E-state index in [9.17, 15) is 4.79 Å². The molecule has 0 bridgehead atoms. The Bertz CT molecular complexity index is 729. The van der Waals surface area contributed by atoms with Crippen molar-refractivity contribution in [3.05, 3.63) is 42.2 Å². The van der Waals surface area contributed by atoms with Crippen molar-refractivity contribution >= 4 is 5.97 Å². The van der Waals surface area contributed by atoms with E-state index in [1.54, 1.807) is 0 Å². The highest BCUT2D eigenvalue weighted by Gasteiger charge is 2.10. The number of hydrogen-bond donors (Lipinski definition) is 0. The van der Waals surface area contributed by atoms with Gasteiger partial charge in [-0.3, -0.25) is 4.79 Å². The second kappa shape index (κ2) is 13.7. The minimum absolute atomic E-state index is 0.180. The van der Waals surface area contributed by atoms with Gasteiger partial charge in [-0.25, -0.2) is 9.97 Å². The Morgan fingerprint density at radius 3 is 2.27 bits per heavy atom. The van der Waals surface area contributed by atoms with Crippen LogP contribution < -0.4 is 4.74 Å². The third kappa shape index (κ3) is 8.93. The number of hydrogen-bond acceptors (Lipinski definition) is 5. The van der Waals surface area contributed by atoms with E-state index in [1.165, 1.54) is 44.1 Å². The predicted octanol–water partition coefficient (Wildman–Crippen LogP) is 6.16. The van der Waals surface area contributed by atoms with Crippen molar-refractivity contribution in [3.8, 4) is 17.1 Å². The zero-order valence-electron chi connectivity index (χ0n) is 18.7. The lowest BCUT2D eigenvalue weighted by Gasteiger charge is -2.14. The molecule has 0 saturated heterocycles. The normalized spacial score (nSPS) is 11.8. The first-order valence-electron chi connectivity index (χ1n) is 11.4. The Labute approximate surface area is 181 Å². The number of ether oxygens (including phenoxy) is 2. The molecule has 1 unspecified atom stereocenters. The summed E-state index contributed by atoms with van der Waals surface area (Å²) in [5, 5.41) is 0. The van der Waals surface area contributed by atoms with E-state index in [2.05, 4.69) is 16.9 Å². The van der Waals surface area contributed by atoms with Gasteiger partial charge in [-0.15, -0.1) is 0 Å². The van der Waals surface area contributed by atoms with Crippen LogP contribution in [0.5, 0.6) is 5.75 Å². The van der Waals surface area contributed by atoms with E-state index in [4.69, 9.17) is 9.47 Å². The minimum atomic E-state index is -0.272. The number of aromatic nitrogens is 2. The Morgan fingerprint density at radius 2 is 1.60 bits per heavy atom. The molecule has 5 heteroatoms. The van der Waals surface area contributed by atoms with E-state index < -0.39 is 0 Å². The lowest BCUT2D eigenvalue weighted by molar-refractivity contribution is -0.149. The predicted molar refractivity (Wildman–Crippen MR) is 121 cm³/mol. The maximum Gasteiger partial charge on any atom is 0.306 e. The number of rotatable bonds is 14. The fourth-order valence-corrected chi connectivity index (χ4v) is 3.18. The molecule has 164 valence electrons. The van der Waals surface area contributed by atoms with Crippen LogP contribution in [0.3, 0.4) is 0 Å². The number of benzene rings is 1. The van der Waals surface area contributed by atoms with Gasteiger partial charge in [0.15, 0.2) is 5.82 Å². The lowest BCUT2D eigenvalue weighted by Crippen LogP contribution is -2.21. The molecular formula is C25H36N2O3. The number of nitrogens with zero attached hydrogens (tertiary/aromatic N) is 2. The molecule has 0 N–H and O–H groups in total. The Morgan fingerprint density at radius 1 is 0.933 bits per heavy atom. The van der Waals surface area contributed by atoms with Gasteiger partial charge in [-0.2, -0.15) is 0 Å². The summed E-state index contributed by atoms with van der Waals surface area (Å²) in [6, 6.07) is 7.69. The van der Waals surface area contributed by atoms with Crippen LogP contribution in [0.25, 0.3) is 11.4 Å². The first kappa shape index (κ1) is 23.8. The van der Waals surface area contributed by atoms with E-state index in [0.29, 0.717) is 13.0 Å². The number of unbranched alkanes of at least 4 members (excludes halogenated alkanes) is 5. The van der Waals surface area contributed by atoms with Gasteiger partial charge >= 0.3 is 5.97 Å². The summed E-state index contributed by atoms with van der Waals surface area (Å²) >= 11 is 0. The SMILES string of the molecule is CCCCCCCCc1cnc(-c2ccc(OCC(C)OC(=O)CCC)cc2)nc1. The number of esters is 1. The fourth-order valence-electron chi connectivity index (χ4n) is 3.18. The molecule has 1 aromatic carbocycles. The maximum atomic E-state index is 11.5. The molecule has 0 fully saturated rings. The third-order valence-corrected chi connectivity index (χ3v) is 4.91. The fraction of sp³-hybridized carbons (Fsp3) is 0.560. The van der Waals surface area contributed by atoms with Gasteiger partial charge in [0, 0.05) is 24.4 Å². The number of carbonyl (C=O) groups is 1. The van der Waals surface area contributed by atoms with Crippen LogP contribution in [0.2, 0.25) is 0 Å². The second-order valence-corrected chi connectivity index (χ2v) is 7.82. The highest BCUT2D eigenvalue weighted by atomic mass is 16.6. The lowest BCUT2D eigenvalue weighted by atomic mass is 10.1. The average Bonchev–Trinajstić information content (AvgIpc) is 2.76. The molecule has 2 aromatic rings. The Balaban J connectivity index is 1.76. The van der Waals surface area contributed by atoms with Crippen molar-refractivity contribution in [2.75, 3.05) is 6.61 Å². The van der Waals surface area contributed by atoms with E-state index >= 15 is 0 Å². The molecule has 0 spiro atoms. The molecule has 0 radical (unpaired) electrons. The molecule has 0 aliphatic carbocycles. The molecule has 0 amide bonds. The minimum Gasteiger partial charge on any atom is -0.490 e. The first-order chi connectivity index (χ1) is 14.6. The summed E-state index contributed by atoms with van der Waals surface area (Å²) < 4.78 is 11.0. The van der Waals surface area contributed by atoms with E-state index in [1.807, 2.05) is 50.5 Å². The Kier molecular flexibility index (Phi) is 10.9. The number of carbonyl (C=O) groups excluding carboxylic acids is 1. The monoisotopic (exact) mass is 412 g/mol. The summed E-state index contributed by atoms with van der Waals surface area (Å²) in [7, 11) is 0. The molecule has 0 aliphatic rings. The molecular weight excluding hydrogens is 376 g/mol. The summed E-state index contributed by atoms with van der Waals surface area (Å²) in [4.78, 5) is 20.6. The van der Waals surface area contributed by atoms with Crippen LogP contribution in [-0.4, -0.2) is 28.6 Å². The van der Waals surface area contributed by atoms with Crippen molar-refractivity contribution < 1.29 is 14.3 Å². The van der Waals surface area contributed by atoms with Crippen LogP contribution in [0, 0.1) is 0 Å². The maximum absolute atomic E-state index is 11.5. The molecule has 30 heavy (non-hydrogen) atoms. The van der Waals surface area contributed by atoms with Gasteiger partial charge in [0.25, 0.3) is 0 Å². The summed E-state index contributed by atoms with van der Waals surface area (Å²) in [5.74, 6) is 1.27. The largest absolute Gasteiger partial charge is 0.490 e. The molecule has 1 atom stereocenters. The zero-order chi connectivity index (χ0) is 21.6. The van der Waals surface area contributed by atoms with Crippen LogP contribution in [-0.2, 0) is 16.0 Å². The van der Waals surface area contributed by atoms with Gasteiger partial charge in [0.05, 0.1) is 0 Å². The van der Waals surface area contributed by atoms with E-state index in [0.717, 1.165) is 30.0 Å². The Hall–Kier alpha value is -2.43. The standard InChI is InChI=1S/C25H36N2O3/c1-4-6-7-8-9-10-12-21-17-26-25(27-18-21)22-13-15-23(16-14-22)29-19-20(3)30-24(28)11-5-2/h13-18,20H,4-12,19H2,1-3H3. The summed E-state index contributed by atoms with van der Waals surface area (Å²) in [5.41, 5.74) is 2.15. The molecule has 0 aliphatic heterocycles. The van der Waals surface area contributed by atoms with Crippen molar-refractivity contribution in [1.29, 1.82) is 0 Å². The van der Waals surface area contributed by atoms with Crippen LogP contribution in [0.4, 0.5) is 0 Å². The van der Waals surface area contributed by atoms with Crippen molar-refractivity contribution in [2.45, 2.75) is 84.7 Å². The van der Waals surface area contributed by atoms with Gasteiger partial charge < -0.3 is 9.47 Å². The van der Waals surface area contributed by atoms with Gasteiger partial charge in [-0.05, 0) is 56.0 Å². The van der Waals surface area contributed by atoms with Crippen LogP contribution in [0.1, 0.15) is 77.7 Å². The number of aryl methyl sites for hydroxylation is 1. The zero-order valence-corrected chi connectivity index (χ0v) is 18.7. The van der Waals surface area contributed by atoms with Gasteiger partial charge in [-0.1, -0.05) is 46.0 Å². The molecule has 2 rings (SSSR count). The smallest absolute Gasteiger partial charge is 0.306 e. The van der Waals surface area contributed by atoms with Crippen molar-refractivity contribution in [3.63, 3.8) is 0 Å².